The number of rotatable bonds is 0. The molecule has 0 unspecified atom stereocenters. The molecule has 0 spiro atoms. The summed E-state index contributed by atoms with van der Waals surface area (Å²) >= 11 is 0. The van der Waals surface area contributed by atoms with Gasteiger partial charge in [-0.2, -0.15) is 8.88 Å². The maximum atomic E-state index is 3.77. The lowest BCUT2D eigenvalue weighted by atomic mass is 10.1. The highest BCUT2D eigenvalue weighted by Gasteiger charge is 2.58. The van der Waals surface area contributed by atoms with E-state index in [0.29, 0.717) is 0 Å². The van der Waals surface area contributed by atoms with Gasteiger partial charge >= 0.3 is 0 Å². The van der Waals surface area contributed by atoms with Gasteiger partial charge in [-0.15, -0.1) is 0 Å². The molecule has 0 aromatic heterocycles. The first-order valence-corrected chi connectivity index (χ1v) is 9.52. The van der Waals surface area contributed by atoms with Crippen LogP contribution in [-0.4, -0.2) is 20.0 Å². The average Bonchev–Trinajstić information content (AvgIpc) is 2.51. The summed E-state index contributed by atoms with van der Waals surface area (Å²) in [6.45, 7) is 13.8. The molecule has 110 valence electrons. The van der Waals surface area contributed by atoms with Crippen molar-refractivity contribution in [1.29, 1.82) is 0 Å². The normalized spacial score (nSPS) is 26.9. The van der Waals surface area contributed by atoms with Crippen LogP contribution < -0.4 is 10.2 Å². The average molecular weight is 310 g/mol. The van der Waals surface area contributed by atoms with Crippen molar-refractivity contribution in [2.75, 3.05) is 10.2 Å². The number of benzene rings is 1. The highest BCUT2D eigenvalue weighted by atomic mass is 31.3. The Balaban J connectivity index is 2.01. The molecule has 3 heterocycles. The Morgan fingerprint density at radius 3 is 1.40 bits per heavy atom. The fraction of sp³-hybridized carbons (Fsp3) is 0.571. The summed E-state index contributed by atoms with van der Waals surface area (Å²) < 4.78 is 5.26. The van der Waals surface area contributed by atoms with E-state index in [2.05, 4.69) is 84.9 Å². The van der Waals surface area contributed by atoms with E-state index >= 15 is 0 Å². The smallest absolute Gasteiger partial charge is 0.159 e. The summed E-state index contributed by atoms with van der Waals surface area (Å²) in [6, 6.07) is 8.54. The number of anilines is 2. The molecule has 1 aromatic carbocycles. The summed E-state index contributed by atoms with van der Waals surface area (Å²) in [5.74, 6) is 0. The second kappa shape index (κ2) is 4.55. The monoisotopic (exact) mass is 310 g/mol. The van der Waals surface area contributed by atoms with Crippen molar-refractivity contribution in [2.45, 2.75) is 52.6 Å². The molecule has 0 saturated carbocycles. The molecule has 4 nitrogen and oxygen atoms in total. The van der Waals surface area contributed by atoms with Gasteiger partial charge < -0.3 is 10.2 Å². The molecule has 1 saturated heterocycles. The Bertz CT molecular complexity index is 466. The van der Waals surface area contributed by atoms with Gasteiger partial charge in [0.1, 0.15) is 0 Å². The first-order chi connectivity index (χ1) is 9.19. The third kappa shape index (κ3) is 2.23. The Hall–Kier alpha value is -0.400. The van der Waals surface area contributed by atoms with Crippen molar-refractivity contribution < 1.29 is 0 Å². The first kappa shape index (κ1) is 14.5. The van der Waals surface area contributed by atoms with Gasteiger partial charge in [-0.05, 0) is 53.7 Å². The van der Waals surface area contributed by atoms with Crippen molar-refractivity contribution in [3.8, 4) is 0 Å². The molecule has 1 fully saturated rings. The lowest BCUT2D eigenvalue weighted by molar-refractivity contribution is 0.286. The molecule has 4 rings (SSSR count). The zero-order valence-electron chi connectivity index (χ0n) is 13.1. The summed E-state index contributed by atoms with van der Waals surface area (Å²) in [4.78, 5) is 0. The summed E-state index contributed by atoms with van der Waals surface area (Å²) in [6.07, 6.45) is 0. The topological polar surface area (TPSA) is 30.5 Å². The quantitative estimate of drug-likeness (QED) is 0.645. The Morgan fingerprint density at radius 2 is 1.10 bits per heavy atom. The number of para-hydroxylation sites is 2. The second-order valence-corrected chi connectivity index (χ2v) is 11.1. The zero-order valence-corrected chi connectivity index (χ0v) is 14.9. The Kier molecular flexibility index (Phi) is 3.30. The van der Waals surface area contributed by atoms with Gasteiger partial charge in [-0.25, -0.2) is 0 Å². The Labute approximate surface area is 124 Å². The molecule has 0 aliphatic carbocycles. The predicted octanol–water partition coefficient (Wildman–Crippen LogP) is 5.19. The van der Waals surface area contributed by atoms with E-state index in [1.807, 2.05) is 0 Å². The van der Waals surface area contributed by atoms with Crippen LogP contribution >= 0.6 is 16.7 Å². The minimum Gasteiger partial charge on any atom is -0.337 e. The molecule has 1 aromatic rings. The van der Waals surface area contributed by atoms with E-state index in [1.165, 1.54) is 11.4 Å². The minimum atomic E-state index is -0.481. The molecule has 0 atom stereocenters. The molecule has 6 heteroatoms. The van der Waals surface area contributed by atoms with E-state index in [9.17, 15) is 0 Å². The predicted molar refractivity (Wildman–Crippen MR) is 90.7 cm³/mol. The summed E-state index contributed by atoms with van der Waals surface area (Å²) in [5, 5.41) is 7.54. The molecule has 20 heavy (non-hydrogen) atoms. The molecule has 2 bridgehead atoms. The molecular weight excluding hydrogens is 286 g/mol. The molecule has 0 radical (unpaired) electrons. The standard InChI is InChI=1S/C14H24N4P2/c1-13(2,3)17-19-15-11-9-7-8-10-12(11)16-20(17)18(19)14(4,5)6/h7-10,15-16H,1-6H3. The zero-order chi connectivity index (χ0) is 14.7. The first-order valence-electron chi connectivity index (χ1n) is 7.02. The number of nitrogens with one attached hydrogen (secondary N) is 2. The highest BCUT2D eigenvalue weighted by molar-refractivity contribution is 7.84. The van der Waals surface area contributed by atoms with Crippen LogP contribution in [0.1, 0.15) is 41.5 Å². The summed E-state index contributed by atoms with van der Waals surface area (Å²) in [7, 11) is -0.963. The van der Waals surface area contributed by atoms with Gasteiger partial charge in [0.15, 0.2) is 16.7 Å². The maximum Gasteiger partial charge on any atom is 0.159 e. The molecule has 3 aliphatic heterocycles. The fourth-order valence-corrected chi connectivity index (χ4v) is 8.57. The van der Waals surface area contributed by atoms with Crippen molar-refractivity contribution >= 4 is 28.1 Å². The van der Waals surface area contributed by atoms with Crippen molar-refractivity contribution in [1.82, 2.24) is 8.88 Å². The van der Waals surface area contributed by atoms with Gasteiger partial charge in [-0.1, -0.05) is 12.1 Å². The number of nitrogens with zero attached hydrogens (tertiary/aromatic N) is 2. The largest absolute Gasteiger partial charge is 0.337 e. The van der Waals surface area contributed by atoms with Gasteiger partial charge in [0.05, 0.1) is 11.4 Å². The van der Waals surface area contributed by atoms with E-state index in [-0.39, 0.29) is 11.1 Å². The van der Waals surface area contributed by atoms with Gasteiger partial charge in [0.25, 0.3) is 0 Å². The van der Waals surface area contributed by atoms with E-state index < -0.39 is 16.7 Å². The van der Waals surface area contributed by atoms with Crippen molar-refractivity contribution in [3.63, 3.8) is 0 Å². The van der Waals surface area contributed by atoms with Crippen LogP contribution in [0, 0.1) is 0 Å². The van der Waals surface area contributed by atoms with Crippen LogP contribution in [0.4, 0.5) is 11.4 Å². The molecule has 2 N–H and O–H groups in total. The van der Waals surface area contributed by atoms with Crippen molar-refractivity contribution in [3.05, 3.63) is 24.3 Å². The van der Waals surface area contributed by atoms with Crippen LogP contribution in [0.25, 0.3) is 0 Å². The fourth-order valence-electron chi connectivity index (χ4n) is 2.51. The van der Waals surface area contributed by atoms with Crippen LogP contribution in [0.15, 0.2) is 24.3 Å². The van der Waals surface area contributed by atoms with Crippen LogP contribution in [-0.2, 0) is 0 Å². The number of hydrogen-bond acceptors (Lipinski definition) is 4. The lowest BCUT2D eigenvalue weighted by Gasteiger charge is -2.62. The SMILES string of the molecule is CC(C)(C)N1P2Nc3ccccc3NP1N2C(C)(C)C. The van der Waals surface area contributed by atoms with Gasteiger partial charge in [0, 0.05) is 11.1 Å². The third-order valence-electron chi connectivity index (χ3n) is 3.29. The van der Waals surface area contributed by atoms with E-state index in [0.717, 1.165) is 0 Å². The summed E-state index contributed by atoms with van der Waals surface area (Å²) in [5.41, 5.74) is 2.79. The third-order valence-corrected chi connectivity index (χ3v) is 10.0. The maximum absolute atomic E-state index is 3.77. The minimum absolute atomic E-state index is 0.168. The van der Waals surface area contributed by atoms with E-state index in [1.54, 1.807) is 0 Å². The van der Waals surface area contributed by atoms with Crippen molar-refractivity contribution in [2.24, 2.45) is 0 Å². The molecule has 0 amide bonds. The van der Waals surface area contributed by atoms with E-state index in [4.69, 9.17) is 0 Å². The number of hydrogen-bond donors (Lipinski definition) is 2. The second-order valence-electron chi connectivity index (χ2n) is 7.27. The van der Waals surface area contributed by atoms with Crippen LogP contribution in [0.5, 0.6) is 0 Å². The highest BCUT2D eigenvalue weighted by Crippen LogP contribution is 2.81. The Morgan fingerprint density at radius 1 is 0.750 bits per heavy atom. The van der Waals surface area contributed by atoms with Gasteiger partial charge in [0.2, 0.25) is 0 Å². The van der Waals surface area contributed by atoms with Gasteiger partial charge in [-0.3, -0.25) is 0 Å². The van der Waals surface area contributed by atoms with Crippen LogP contribution in [0.2, 0.25) is 0 Å². The van der Waals surface area contributed by atoms with Crippen LogP contribution in [0.3, 0.4) is 0 Å². The molecule has 3 aliphatic rings. The lowest BCUT2D eigenvalue weighted by Crippen LogP contribution is -2.54. The molecular formula is C14H24N4P2.